The second-order valence-corrected chi connectivity index (χ2v) is 9.73. The largest absolute Gasteiger partial charge is 0.467 e. The molecule has 1 amide bonds. The van der Waals surface area contributed by atoms with Crippen molar-refractivity contribution >= 4 is 42.4 Å². The van der Waals surface area contributed by atoms with Crippen LogP contribution in [0.25, 0.3) is 10.2 Å². The van der Waals surface area contributed by atoms with Gasteiger partial charge >= 0.3 is 0 Å². The summed E-state index contributed by atoms with van der Waals surface area (Å²) in [5.41, 5.74) is 0.597. The number of carbonyl (C=O) groups is 1. The predicted octanol–water partition coefficient (Wildman–Crippen LogP) is 4.67. The normalized spacial score (nSPS) is 11.7. The van der Waals surface area contributed by atoms with Crippen LogP contribution in [0, 0.1) is 5.82 Å². The predicted molar refractivity (Wildman–Crippen MR) is 113 cm³/mol. The number of rotatable bonds is 6. The number of carbonyl (C=O) groups excluding carboxylic acids is 1. The van der Waals surface area contributed by atoms with Crippen LogP contribution in [-0.2, 0) is 16.4 Å². The standard InChI is InChI=1S/C21H17FN2O4S2/c1-2-30(26,27)19-8-4-3-7-16(19)20(25)24(13-15-6-5-11-28-15)21-23-17-10-9-14(22)12-18(17)29-21/h3-12H,2,13H2,1H3. The highest BCUT2D eigenvalue weighted by Gasteiger charge is 2.28. The number of sulfone groups is 1. The molecule has 0 atom stereocenters. The Kier molecular flexibility index (Phi) is 5.40. The minimum atomic E-state index is -3.62. The van der Waals surface area contributed by atoms with E-state index in [9.17, 15) is 17.6 Å². The maximum absolute atomic E-state index is 13.6. The van der Waals surface area contributed by atoms with Gasteiger partial charge in [-0.05, 0) is 42.5 Å². The summed E-state index contributed by atoms with van der Waals surface area (Å²) in [5.74, 6) is -0.556. The Bertz CT molecular complexity index is 1310. The van der Waals surface area contributed by atoms with Crippen molar-refractivity contribution < 1.29 is 22.0 Å². The quantitative estimate of drug-likeness (QED) is 0.432. The van der Waals surface area contributed by atoms with Crippen molar-refractivity contribution in [2.75, 3.05) is 10.7 Å². The van der Waals surface area contributed by atoms with Crippen molar-refractivity contribution in [3.8, 4) is 0 Å². The Morgan fingerprint density at radius 3 is 2.70 bits per heavy atom. The number of thiazole rings is 1. The molecule has 0 unspecified atom stereocenters. The molecule has 154 valence electrons. The van der Waals surface area contributed by atoms with Crippen LogP contribution >= 0.6 is 11.3 Å². The molecule has 0 fully saturated rings. The molecule has 2 heterocycles. The SMILES string of the molecule is CCS(=O)(=O)c1ccccc1C(=O)N(Cc1ccco1)c1nc2ccc(F)cc2s1. The number of hydrogen-bond acceptors (Lipinski definition) is 6. The highest BCUT2D eigenvalue weighted by Crippen LogP contribution is 2.32. The lowest BCUT2D eigenvalue weighted by molar-refractivity contribution is 0.0980. The van der Waals surface area contributed by atoms with Crippen molar-refractivity contribution in [3.05, 3.63) is 78.0 Å². The van der Waals surface area contributed by atoms with E-state index in [0.717, 1.165) is 11.3 Å². The summed E-state index contributed by atoms with van der Waals surface area (Å²) in [4.78, 5) is 19.3. The summed E-state index contributed by atoms with van der Waals surface area (Å²) >= 11 is 1.15. The van der Waals surface area contributed by atoms with Crippen molar-refractivity contribution in [2.24, 2.45) is 0 Å². The van der Waals surface area contributed by atoms with E-state index in [1.54, 1.807) is 24.3 Å². The number of aromatic nitrogens is 1. The third-order valence-electron chi connectivity index (χ3n) is 4.54. The molecule has 0 aliphatic heterocycles. The van der Waals surface area contributed by atoms with E-state index in [1.807, 2.05) is 0 Å². The molecule has 0 saturated carbocycles. The van der Waals surface area contributed by atoms with Gasteiger partial charge in [0.1, 0.15) is 11.6 Å². The summed E-state index contributed by atoms with van der Waals surface area (Å²) in [6, 6.07) is 13.7. The van der Waals surface area contributed by atoms with Crippen LogP contribution in [0.4, 0.5) is 9.52 Å². The molecule has 2 aromatic heterocycles. The van der Waals surface area contributed by atoms with Gasteiger partial charge < -0.3 is 4.42 Å². The Morgan fingerprint density at radius 2 is 1.97 bits per heavy atom. The Balaban J connectivity index is 1.83. The van der Waals surface area contributed by atoms with Gasteiger partial charge in [-0.15, -0.1) is 0 Å². The van der Waals surface area contributed by atoms with Crippen LogP contribution in [0.1, 0.15) is 23.0 Å². The van der Waals surface area contributed by atoms with Crippen LogP contribution in [0.15, 0.2) is 70.2 Å². The molecule has 0 aliphatic rings. The molecule has 2 aromatic carbocycles. The van der Waals surface area contributed by atoms with E-state index in [0.29, 0.717) is 21.1 Å². The molecule has 4 aromatic rings. The zero-order valence-corrected chi connectivity index (χ0v) is 17.5. The smallest absolute Gasteiger partial charge is 0.261 e. The first-order valence-electron chi connectivity index (χ1n) is 9.11. The van der Waals surface area contributed by atoms with Gasteiger partial charge in [0.05, 0.1) is 39.2 Å². The average Bonchev–Trinajstić information content (AvgIpc) is 3.40. The van der Waals surface area contributed by atoms with Crippen LogP contribution in [0.2, 0.25) is 0 Å². The lowest BCUT2D eigenvalue weighted by atomic mass is 10.2. The first kappa shape index (κ1) is 20.2. The molecule has 0 saturated heterocycles. The number of fused-ring (bicyclic) bond motifs is 1. The zero-order chi connectivity index (χ0) is 21.3. The lowest BCUT2D eigenvalue weighted by Gasteiger charge is -2.20. The molecule has 0 spiro atoms. The van der Waals surface area contributed by atoms with E-state index >= 15 is 0 Å². The number of anilines is 1. The van der Waals surface area contributed by atoms with E-state index in [-0.39, 0.29) is 22.8 Å². The van der Waals surface area contributed by atoms with Crippen molar-refractivity contribution in [1.29, 1.82) is 0 Å². The van der Waals surface area contributed by atoms with Gasteiger partial charge in [-0.2, -0.15) is 0 Å². The van der Waals surface area contributed by atoms with Gasteiger partial charge in [0, 0.05) is 0 Å². The molecular formula is C21H17FN2O4S2. The number of furan rings is 1. The average molecular weight is 445 g/mol. The summed E-state index contributed by atoms with van der Waals surface area (Å²) in [5, 5.41) is 0.320. The summed E-state index contributed by atoms with van der Waals surface area (Å²) in [6.45, 7) is 1.58. The van der Waals surface area contributed by atoms with Crippen molar-refractivity contribution in [2.45, 2.75) is 18.4 Å². The Labute approximate surface area is 176 Å². The molecule has 0 radical (unpaired) electrons. The topological polar surface area (TPSA) is 80.5 Å². The third kappa shape index (κ3) is 3.86. The second-order valence-electron chi connectivity index (χ2n) is 6.48. The van der Waals surface area contributed by atoms with Gasteiger partial charge in [0.2, 0.25) is 0 Å². The highest BCUT2D eigenvalue weighted by molar-refractivity contribution is 7.91. The number of halogens is 1. The fourth-order valence-electron chi connectivity index (χ4n) is 3.00. The van der Waals surface area contributed by atoms with E-state index in [2.05, 4.69) is 4.98 Å². The first-order chi connectivity index (χ1) is 14.4. The lowest BCUT2D eigenvalue weighted by Crippen LogP contribution is -2.31. The van der Waals surface area contributed by atoms with Gasteiger partial charge in [0.15, 0.2) is 15.0 Å². The van der Waals surface area contributed by atoms with Gasteiger partial charge in [0.25, 0.3) is 5.91 Å². The summed E-state index contributed by atoms with van der Waals surface area (Å²) < 4.78 is 44.7. The zero-order valence-electron chi connectivity index (χ0n) is 15.9. The first-order valence-corrected chi connectivity index (χ1v) is 11.6. The minimum absolute atomic E-state index is 0.0332. The van der Waals surface area contributed by atoms with Gasteiger partial charge in [-0.1, -0.05) is 30.4 Å². The van der Waals surface area contributed by atoms with E-state index in [1.165, 1.54) is 48.4 Å². The van der Waals surface area contributed by atoms with Crippen molar-refractivity contribution in [1.82, 2.24) is 4.98 Å². The van der Waals surface area contributed by atoms with Gasteiger partial charge in [-0.25, -0.2) is 17.8 Å². The molecule has 0 aliphatic carbocycles. The van der Waals surface area contributed by atoms with Gasteiger partial charge in [-0.3, -0.25) is 9.69 Å². The Hall–Kier alpha value is -3.04. The molecule has 0 bridgehead atoms. The number of nitrogens with zero attached hydrogens (tertiary/aromatic N) is 2. The summed E-state index contributed by atoms with van der Waals surface area (Å²) in [6.07, 6.45) is 1.49. The molecular weight excluding hydrogens is 427 g/mol. The maximum atomic E-state index is 13.6. The summed E-state index contributed by atoms with van der Waals surface area (Å²) in [7, 11) is -3.62. The number of hydrogen-bond donors (Lipinski definition) is 0. The van der Waals surface area contributed by atoms with Crippen LogP contribution in [0.3, 0.4) is 0 Å². The maximum Gasteiger partial charge on any atom is 0.261 e. The molecule has 30 heavy (non-hydrogen) atoms. The highest BCUT2D eigenvalue weighted by atomic mass is 32.2. The minimum Gasteiger partial charge on any atom is -0.467 e. The Morgan fingerprint density at radius 1 is 1.17 bits per heavy atom. The monoisotopic (exact) mass is 444 g/mol. The molecule has 6 nitrogen and oxygen atoms in total. The second kappa shape index (κ2) is 8.00. The molecule has 9 heteroatoms. The third-order valence-corrected chi connectivity index (χ3v) is 7.37. The fourth-order valence-corrected chi connectivity index (χ4v) is 5.08. The molecule has 4 rings (SSSR count). The van der Waals surface area contributed by atoms with Crippen molar-refractivity contribution in [3.63, 3.8) is 0 Å². The fraction of sp³-hybridized carbons (Fsp3) is 0.143. The van der Waals surface area contributed by atoms with E-state index in [4.69, 9.17) is 4.42 Å². The number of benzene rings is 2. The van der Waals surface area contributed by atoms with Crippen LogP contribution < -0.4 is 4.90 Å². The number of amides is 1. The molecule has 0 N–H and O–H groups in total. The van der Waals surface area contributed by atoms with Crippen LogP contribution in [-0.4, -0.2) is 25.1 Å². The van der Waals surface area contributed by atoms with Crippen LogP contribution in [0.5, 0.6) is 0 Å². The van der Waals surface area contributed by atoms with E-state index < -0.39 is 21.6 Å².